The maximum Gasteiger partial charge on any atom is 0.408 e. The van der Waals surface area contributed by atoms with Crippen LogP contribution in [-0.4, -0.2) is 38.6 Å². The van der Waals surface area contributed by atoms with Gasteiger partial charge in [0.15, 0.2) is 0 Å². The van der Waals surface area contributed by atoms with Crippen molar-refractivity contribution < 1.29 is 14.7 Å². The molecule has 0 saturated heterocycles. The quantitative estimate of drug-likeness (QED) is 0.885. The number of amides is 2. The standard InChI is InChI=1S/C19H23N3O3/c1-13(22(18(24)25)19(2,3)4)17(23)21-16-7-5-14(6-8-16)15-9-11-20-12-10-15/h5-13H,1-4H3,(H,21,23)(H,24,25). The molecule has 6 heteroatoms. The van der Waals surface area contributed by atoms with Gasteiger partial charge < -0.3 is 10.4 Å². The lowest BCUT2D eigenvalue weighted by molar-refractivity contribution is -0.121. The summed E-state index contributed by atoms with van der Waals surface area (Å²) in [4.78, 5) is 29.1. The molecule has 0 aliphatic heterocycles. The van der Waals surface area contributed by atoms with E-state index >= 15 is 0 Å². The lowest BCUT2D eigenvalue weighted by Gasteiger charge is -2.37. The van der Waals surface area contributed by atoms with Crippen LogP contribution >= 0.6 is 0 Å². The second-order valence-corrected chi connectivity index (χ2v) is 6.80. The fraction of sp³-hybridized carbons (Fsp3) is 0.316. The number of nitrogens with one attached hydrogen (secondary N) is 1. The molecule has 25 heavy (non-hydrogen) atoms. The van der Waals surface area contributed by atoms with Crippen molar-refractivity contribution in [3.8, 4) is 11.1 Å². The van der Waals surface area contributed by atoms with Gasteiger partial charge in [0.2, 0.25) is 5.91 Å². The molecule has 132 valence electrons. The van der Waals surface area contributed by atoms with Gasteiger partial charge in [0.1, 0.15) is 6.04 Å². The normalized spacial score (nSPS) is 12.3. The summed E-state index contributed by atoms with van der Waals surface area (Å²) >= 11 is 0. The summed E-state index contributed by atoms with van der Waals surface area (Å²) in [5, 5.41) is 12.2. The molecular weight excluding hydrogens is 318 g/mol. The van der Waals surface area contributed by atoms with Gasteiger partial charge in [-0.3, -0.25) is 14.7 Å². The van der Waals surface area contributed by atoms with E-state index < -0.39 is 17.7 Å². The zero-order valence-corrected chi connectivity index (χ0v) is 14.9. The van der Waals surface area contributed by atoms with Crippen LogP contribution in [0.1, 0.15) is 27.7 Å². The Labute approximate surface area is 147 Å². The molecule has 0 aliphatic rings. The van der Waals surface area contributed by atoms with E-state index in [2.05, 4.69) is 10.3 Å². The van der Waals surface area contributed by atoms with Crippen LogP contribution in [0.25, 0.3) is 11.1 Å². The first-order chi connectivity index (χ1) is 11.7. The van der Waals surface area contributed by atoms with Crippen LogP contribution in [0.4, 0.5) is 10.5 Å². The molecule has 0 aliphatic carbocycles. The number of aromatic nitrogens is 1. The number of benzene rings is 1. The molecule has 0 fully saturated rings. The molecule has 2 N–H and O–H groups in total. The van der Waals surface area contributed by atoms with Gasteiger partial charge in [-0.05, 0) is 63.1 Å². The minimum atomic E-state index is -1.12. The molecule has 1 heterocycles. The van der Waals surface area contributed by atoms with Crippen molar-refractivity contribution in [1.29, 1.82) is 0 Å². The number of anilines is 1. The van der Waals surface area contributed by atoms with Gasteiger partial charge in [0, 0.05) is 23.6 Å². The number of carboxylic acid groups (broad SMARTS) is 1. The highest BCUT2D eigenvalue weighted by molar-refractivity contribution is 5.96. The fourth-order valence-electron chi connectivity index (χ4n) is 2.69. The molecule has 0 saturated carbocycles. The first-order valence-corrected chi connectivity index (χ1v) is 8.04. The Hall–Kier alpha value is -2.89. The molecule has 1 aromatic heterocycles. The highest BCUT2D eigenvalue weighted by atomic mass is 16.4. The number of pyridine rings is 1. The summed E-state index contributed by atoms with van der Waals surface area (Å²) < 4.78 is 0. The van der Waals surface area contributed by atoms with Crippen molar-refractivity contribution >= 4 is 17.7 Å². The van der Waals surface area contributed by atoms with E-state index in [1.165, 1.54) is 0 Å². The Bertz CT molecular complexity index is 737. The Balaban J connectivity index is 2.11. The second kappa shape index (κ2) is 7.34. The second-order valence-electron chi connectivity index (χ2n) is 6.80. The Morgan fingerprint density at radius 3 is 2.04 bits per heavy atom. The minimum absolute atomic E-state index is 0.367. The highest BCUT2D eigenvalue weighted by Gasteiger charge is 2.34. The summed E-state index contributed by atoms with van der Waals surface area (Å²) in [7, 11) is 0. The third kappa shape index (κ3) is 4.56. The number of carbonyl (C=O) groups is 2. The van der Waals surface area contributed by atoms with Gasteiger partial charge in [-0.2, -0.15) is 0 Å². The molecular formula is C19H23N3O3. The maximum absolute atomic E-state index is 12.4. The van der Waals surface area contributed by atoms with Gasteiger partial charge in [-0.25, -0.2) is 4.79 Å². The first kappa shape index (κ1) is 18.4. The Morgan fingerprint density at radius 1 is 1.04 bits per heavy atom. The van der Waals surface area contributed by atoms with Gasteiger partial charge in [-0.1, -0.05) is 12.1 Å². The average Bonchev–Trinajstić information content (AvgIpc) is 2.54. The molecule has 0 radical (unpaired) electrons. The van der Waals surface area contributed by atoms with Gasteiger partial charge in [-0.15, -0.1) is 0 Å². The maximum atomic E-state index is 12.4. The monoisotopic (exact) mass is 341 g/mol. The van der Waals surface area contributed by atoms with Crippen LogP contribution in [0.3, 0.4) is 0 Å². The lowest BCUT2D eigenvalue weighted by atomic mass is 10.0. The van der Waals surface area contributed by atoms with Crippen molar-refractivity contribution in [3.63, 3.8) is 0 Å². The third-order valence-corrected chi connectivity index (χ3v) is 3.86. The number of hydrogen-bond acceptors (Lipinski definition) is 3. The first-order valence-electron chi connectivity index (χ1n) is 8.04. The van der Waals surface area contributed by atoms with Crippen molar-refractivity contribution in [2.24, 2.45) is 0 Å². The summed E-state index contributed by atoms with van der Waals surface area (Å²) in [6.07, 6.45) is 2.32. The van der Waals surface area contributed by atoms with E-state index in [4.69, 9.17) is 0 Å². The predicted molar refractivity (Wildman–Crippen MR) is 97.4 cm³/mol. The van der Waals surface area contributed by atoms with Crippen LogP contribution in [0, 0.1) is 0 Å². The number of rotatable bonds is 4. The smallest absolute Gasteiger partial charge is 0.408 e. The molecule has 2 rings (SSSR count). The van der Waals surface area contributed by atoms with Crippen LogP contribution in [-0.2, 0) is 4.79 Å². The van der Waals surface area contributed by atoms with Crippen LogP contribution in [0.2, 0.25) is 0 Å². The lowest BCUT2D eigenvalue weighted by Crippen LogP contribution is -2.54. The fourth-order valence-corrected chi connectivity index (χ4v) is 2.69. The summed E-state index contributed by atoms with van der Waals surface area (Å²) in [5.41, 5.74) is 1.99. The van der Waals surface area contributed by atoms with E-state index in [1.54, 1.807) is 52.2 Å². The Kier molecular flexibility index (Phi) is 5.41. The zero-order valence-electron chi connectivity index (χ0n) is 14.9. The molecule has 1 aromatic carbocycles. The zero-order chi connectivity index (χ0) is 18.6. The SMILES string of the molecule is CC(C(=O)Nc1ccc(-c2ccncc2)cc1)N(C(=O)O)C(C)(C)C. The molecule has 1 unspecified atom stereocenters. The summed E-state index contributed by atoms with van der Waals surface area (Å²) in [6.45, 7) is 6.86. The molecule has 6 nitrogen and oxygen atoms in total. The van der Waals surface area contributed by atoms with Crippen LogP contribution in [0.15, 0.2) is 48.8 Å². The topological polar surface area (TPSA) is 82.5 Å². The summed E-state index contributed by atoms with van der Waals surface area (Å²) in [6, 6.07) is 10.4. The molecule has 2 aromatic rings. The predicted octanol–water partition coefficient (Wildman–Crippen LogP) is 3.85. The number of nitrogens with zero attached hydrogens (tertiary/aromatic N) is 2. The van der Waals surface area contributed by atoms with Crippen molar-refractivity contribution in [3.05, 3.63) is 48.8 Å². The number of hydrogen-bond donors (Lipinski definition) is 2. The molecule has 1 atom stereocenters. The van der Waals surface area contributed by atoms with E-state index in [-0.39, 0.29) is 5.91 Å². The van der Waals surface area contributed by atoms with Crippen molar-refractivity contribution in [2.45, 2.75) is 39.3 Å². The van der Waals surface area contributed by atoms with E-state index in [9.17, 15) is 14.7 Å². The third-order valence-electron chi connectivity index (χ3n) is 3.86. The highest BCUT2D eigenvalue weighted by Crippen LogP contribution is 2.22. The van der Waals surface area contributed by atoms with Crippen LogP contribution in [0.5, 0.6) is 0 Å². The molecule has 0 bridgehead atoms. The van der Waals surface area contributed by atoms with Gasteiger partial charge in [0.05, 0.1) is 0 Å². The number of carbonyl (C=O) groups excluding carboxylic acids is 1. The Morgan fingerprint density at radius 2 is 1.56 bits per heavy atom. The van der Waals surface area contributed by atoms with Crippen LogP contribution < -0.4 is 5.32 Å². The van der Waals surface area contributed by atoms with Gasteiger partial charge in [0.25, 0.3) is 0 Å². The van der Waals surface area contributed by atoms with E-state index in [1.807, 2.05) is 24.3 Å². The largest absolute Gasteiger partial charge is 0.465 e. The summed E-state index contributed by atoms with van der Waals surface area (Å²) in [5.74, 6) is -0.367. The molecule has 0 spiro atoms. The van der Waals surface area contributed by atoms with Gasteiger partial charge >= 0.3 is 6.09 Å². The average molecular weight is 341 g/mol. The minimum Gasteiger partial charge on any atom is -0.465 e. The van der Waals surface area contributed by atoms with Crippen molar-refractivity contribution in [1.82, 2.24) is 9.88 Å². The van der Waals surface area contributed by atoms with E-state index in [0.717, 1.165) is 16.0 Å². The van der Waals surface area contributed by atoms with Crippen molar-refractivity contribution in [2.75, 3.05) is 5.32 Å². The molecule has 2 amide bonds. The van der Waals surface area contributed by atoms with E-state index in [0.29, 0.717) is 5.69 Å².